The molecule has 162 valence electrons. The molecule has 2 aromatic carbocycles. The predicted molar refractivity (Wildman–Crippen MR) is 109 cm³/mol. The second-order valence-electron chi connectivity index (χ2n) is 8.35. The first-order valence-corrected chi connectivity index (χ1v) is 10.2. The van der Waals surface area contributed by atoms with Crippen molar-refractivity contribution in [2.45, 2.75) is 37.1 Å². The number of nitrogens with zero attached hydrogens (tertiary/aromatic N) is 1. The summed E-state index contributed by atoms with van der Waals surface area (Å²) < 4.78 is 27.9. The second kappa shape index (κ2) is 7.76. The molecule has 0 spiro atoms. The summed E-state index contributed by atoms with van der Waals surface area (Å²) in [6, 6.07) is 11.8. The summed E-state index contributed by atoms with van der Waals surface area (Å²) in [5.74, 6) is -2.85. The maximum atomic E-state index is 14.2. The molecule has 4 rings (SSSR count). The SMILES string of the molecule is CC1(c2cc(F)ccc2F)NC(=O)N(CC(=O)NCC2(c3ccccc3)CCC2)C1=O. The van der Waals surface area contributed by atoms with Crippen LogP contribution in [-0.2, 0) is 20.5 Å². The van der Waals surface area contributed by atoms with Gasteiger partial charge in [0.15, 0.2) is 0 Å². The molecule has 31 heavy (non-hydrogen) atoms. The Bertz CT molecular complexity index is 1040. The minimum Gasteiger partial charge on any atom is -0.354 e. The van der Waals surface area contributed by atoms with Crippen molar-refractivity contribution in [3.63, 3.8) is 0 Å². The van der Waals surface area contributed by atoms with E-state index in [2.05, 4.69) is 10.6 Å². The van der Waals surface area contributed by atoms with Crippen LogP contribution in [0.15, 0.2) is 48.5 Å². The lowest BCUT2D eigenvalue weighted by Crippen LogP contribution is -2.49. The Morgan fingerprint density at radius 2 is 1.84 bits per heavy atom. The average Bonchev–Trinajstić information content (AvgIpc) is 2.93. The zero-order valence-corrected chi connectivity index (χ0v) is 17.1. The van der Waals surface area contributed by atoms with Crippen molar-refractivity contribution in [1.29, 1.82) is 0 Å². The number of rotatable bonds is 6. The van der Waals surface area contributed by atoms with E-state index in [1.54, 1.807) is 0 Å². The quantitative estimate of drug-likeness (QED) is 0.696. The normalized spacial score (nSPS) is 22.1. The summed E-state index contributed by atoms with van der Waals surface area (Å²) in [7, 11) is 0. The van der Waals surface area contributed by atoms with E-state index in [0.717, 1.165) is 47.9 Å². The molecule has 1 aliphatic heterocycles. The van der Waals surface area contributed by atoms with Crippen LogP contribution in [0, 0.1) is 11.6 Å². The number of carbonyl (C=O) groups is 3. The highest BCUT2D eigenvalue weighted by Crippen LogP contribution is 2.43. The Balaban J connectivity index is 1.45. The van der Waals surface area contributed by atoms with Crippen LogP contribution in [0.1, 0.15) is 37.3 Å². The molecule has 0 bridgehead atoms. The third-order valence-corrected chi connectivity index (χ3v) is 6.36. The number of carbonyl (C=O) groups excluding carboxylic acids is 3. The van der Waals surface area contributed by atoms with E-state index in [9.17, 15) is 23.2 Å². The number of hydrogen-bond donors (Lipinski definition) is 2. The van der Waals surface area contributed by atoms with Crippen LogP contribution < -0.4 is 10.6 Å². The summed E-state index contributed by atoms with van der Waals surface area (Å²) in [6.07, 6.45) is 2.95. The van der Waals surface area contributed by atoms with E-state index in [0.29, 0.717) is 6.54 Å². The third-order valence-electron chi connectivity index (χ3n) is 6.36. The molecule has 1 saturated heterocycles. The number of nitrogens with one attached hydrogen (secondary N) is 2. The lowest BCUT2D eigenvalue weighted by Gasteiger charge is -2.42. The minimum absolute atomic E-state index is 0.145. The number of benzene rings is 2. The van der Waals surface area contributed by atoms with Gasteiger partial charge in [0.05, 0.1) is 0 Å². The molecule has 4 amide bonds. The van der Waals surface area contributed by atoms with Crippen LogP contribution in [0.3, 0.4) is 0 Å². The van der Waals surface area contributed by atoms with E-state index in [1.807, 2.05) is 30.3 Å². The minimum atomic E-state index is -1.79. The first-order chi connectivity index (χ1) is 14.7. The molecular weight excluding hydrogens is 404 g/mol. The monoisotopic (exact) mass is 427 g/mol. The smallest absolute Gasteiger partial charge is 0.325 e. The summed E-state index contributed by atoms with van der Waals surface area (Å²) >= 11 is 0. The van der Waals surface area contributed by atoms with Crippen molar-refractivity contribution >= 4 is 17.8 Å². The van der Waals surface area contributed by atoms with E-state index in [1.165, 1.54) is 6.92 Å². The first-order valence-electron chi connectivity index (χ1n) is 10.2. The molecule has 2 fully saturated rings. The lowest BCUT2D eigenvalue weighted by molar-refractivity contribution is -0.135. The van der Waals surface area contributed by atoms with Gasteiger partial charge in [-0.25, -0.2) is 13.6 Å². The van der Waals surface area contributed by atoms with Gasteiger partial charge in [0.25, 0.3) is 5.91 Å². The Morgan fingerprint density at radius 1 is 1.13 bits per heavy atom. The molecule has 2 aromatic rings. The molecule has 1 saturated carbocycles. The Labute approximate surface area is 178 Å². The molecule has 1 unspecified atom stereocenters. The Hall–Kier alpha value is -3.29. The molecule has 8 heteroatoms. The fourth-order valence-electron chi connectivity index (χ4n) is 4.33. The maximum absolute atomic E-state index is 14.2. The van der Waals surface area contributed by atoms with Crippen molar-refractivity contribution < 1.29 is 23.2 Å². The fraction of sp³-hybridized carbons (Fsp3) is 0.348. The van der Waals surface area contributed by atoms with Crippen molar-refractivity contribution in [2.75, 3.05) is 13.1 Å². The molecule has 0 aromatic heterocycles. The van der Waals surface area contributed by atoms with Crippen molar-refractivity contribution in [3.8, 4) is 0 Å². The summed E-state index contributed by atoms with van der Waals surface area (Å²) in [6.45, 7) is 1.19. The maximum Gasteiger partial charge on any atom is 0.325 e. The molecule has 1 aliphatic carbocycles. The van der Waals surface area contributed by atoms with Crippen molar-refractivity contribution in [3.05, 3.63) is 71.3 Å². The summed E-state index contributed by atoms with van der Waals surface area (Å²) in [5.41, 5.74) is -1.08. The lowest BCUT2D eigenvalue weighted by atomic mass is 9.64. The van der Waals surface area contributed by atoms with Crippen LogP contribution in [0.2, 0.25) is 0 Å². The molecule has 2 aliphatic rings. The number of amides is 4. The highest BCUT2D eigenvalue weighted by Gasteiger charge is 2.51. The van der Waals surface area contributed by atoms with Crippen LogP contribution in [0.25, 0.3) is 0 Å². The molecule has 2 N–H and O–H groups in total. The highest BCUT2D eigenvalue weighted by molar-refractivity contribution is 6.09. The molecule has 1 heterocycles. The van der Waals surface area contributed by atoms with Gasteiger partial charge in [0.2, 0.25) is 5.91 Å². The molecule has 0 radical (unpaired) electrons. The largest absolute Gasteiger partial charge is 0.354 e. The number of hydrogen-bond acceptors (Lipinski definition) is 3. The van der Waals surface area contributed by atoms with Gasteiger partial charge in [-0.3, -0.25) is 14.5 Å². The van der Waals surface area contributed by atoms with E-state index in [-0.39, 0.29) is 11.0 Å². The fourth-order valence-corrected chi connectivity index (χ4v) is 4.33. The van der Waals surface area contributed by atoms with Crippen LogP contribution in [-0.4, -0.2) is 35.8 Å². The van der Waals surface area contributed by atoms with Gasteiger partial charge in [-0.1, -0.05) is 36.8 Å². The zero-order chi connectivity index (χ0) is 22.2. The third kappa shape index (κ3) is 3.66. The zero-order valence-electron chi connectivity index (χ0n) is 17.1. The Kier molecular flexibility index (Phi) is 5.24. The number of halogens is 2. The number of imide groups is 1. The van der Waals surface area contributed by atoms with Gasteiger partial charge < -0.3 is 10.6 Å². The highest BCUT2D eigenvalue weighted by atomic mass is 19.1. The molecular formula is C23H23F2N3O3. The Morgan fingerprint density at radius 3 is 2.48 bits per heavy atom. The van der Waals surface area contributed by atoms with Gasteiger partial charge >= 0.3 is 6.03 Å². The molecule has 6 nitrogen and oxygen atoms in total. The van der Waals surface area contributed by atoms with Crippen molar-refractivity contribution in [2.24, 2.45) is 0 Å². The van der Waals surface area contributed by atoms with Gasteiger partial charge in [0.1, 0.15) is 23.7 Å². The first kappa shape index (κ1) is 21.0. The topological polar surface area (TPSA) is 78.5 Å². The van der Waals surface area contributed by atoms with Gasteiger partial charge in [-0.05, 0) is 43.5 Å². The van der Waals surface area contributed by atoms with E-state index < -0.39 is 41.6 Å². The van der Waals surface area contributed by atoms with E-state index >= 15 is 0 Å². The van der Waals surface area contributed by atoms with E-state index in [4.69, 9.17) is 0 Å². The standard InChI is InChI=1S/C23H23F2N3O3/c1-22(17-12-16(24)8-9-18(17)25)20(30)28(21(31)27-22)13-19(29)26-14-23(10-5-11-23)15-6-3-2-4-7-15/h2-4,6-9,12H,5,10-11,13-14H2,1H3,(H,26,29)(H,27,31). The molecule has 1 atom stereocenters. The van der Waals surface area contributed by atoms with Crippen LogP contribution >= 0.6 is 0 Å². The van der Waals surface area contributed by atoms with Crippen molar-refractivity contribution in [1.82, 2.24) is 15.5 Å². The summed E-state index contributed by atoms with van der Waals surface area (Å²) in [4.78, 5) is 38.6. The average molecular weight is 427 g/mol. The summed E-state index contributed by atoms with van der Waals surface area (Å²) in [5, 5.41) is 5.22. The number of urea groups is 1. The van der Waals surface area contributed by atoms with Gasteiger partial charge in [-0.2, -0.15) is 0 Å². The van der Waals surface area contributed by atoms with Crippen LogP contribution in [0.5, 0.6) is 0 Å². The van der Waals surface area contributed by atoms with Crippen LogP contribution in [0.4, 0.5) is 13.6 Å². The second-order valence-corrected chi connectivity index (χ2v) is 8.35. The van der Waals surface area contributed by atoms with Gasteiger partial charge in [-0.15, -0.1) is 0 Å². The van der Waals surface area contributed by atoms with Gasteiger partial charge in [0, 0.05) is 17.5 Å². The predicted octanol–water partition coefficient (Wildman–Crippen LogP) is 2.97.